The van der Waals surface area contributed by atoms with Crippen molar-refractivity contribution in [1.29, 1.82) is 5.41 Å². The predicted octanol–water partition coefficient (Wildman–Crippen LogP) is 1.40. The summed E-state index contributed by atoms with van der Waals surface area (Å²) in [6.45, 7) is 4.18. The first-order valence-corrected chi connectivity index (χ1v) is 5.14. The Bertz CT molecular complexity index is 177. The molecule has 0 radical (unpaired) electrons. The molecule has 1 N–H and O–H groups in total. The van der Waals surface area contributed by atoms with E-state index in [9.17, 15) is 0 Å². The van der Waals surface area contributed by atoms with Crippen LogP contribution in [0.5, 0.6) is 0 Å². The van der Waals surface area contributed by atoms with Crippen molar-refractivity contribution in [3.8, 4) is 0 Å². The summed E-state index contributed by atoms with van der Waals surface area (Å²) >= 11 is 0. The van der Waals surface area contributed by atoms with E-state index in [1.807, 2.05) is 0 Å². The van der Waals surface area contributed by atoms with Gasteiger partial charge in [0.25, 0.3) is 0 Å². The van der Waals surface area contributed by atoms with Gasteiger partial charge in [-0.25, -0.2) is 0 Å². The van der Waals surface area contributed by atoms with Gasteiger partial charge < -0.3 is 9.80 Å². The monoisotopic (exact) mass is 183 g/mol. The van der Waals surface area contributed by atoms with Gasteiger partial charge in [0.15, 0.2) is 0 Å². The molecule has 0 aromatic carbocycles. The fraction of sp³-hybridized carbons (Fsp3) is 0.900. The predicted molar refractivity (Wildman–Crippen MR) is 56.3 cm³/mol. The Labute approximate surface area is 81.2 Å². The largest absolute Gasteiger partial charge is 0.359 e. The van der Waals surface area contributed by atoms with Crippen LogP contribution in [-0.2, 0) is 0 Å². The molecule has 0 amide bonds. The summed E-state index contributed by atoms with van der Waals surface area (Å²) in [6.07, 6.45) is 3.37. The second-order valence-electron chi connectivity index (χ2n) is 4.01. The molecule has 1 unspecified atom stereocenters. The number of hydrogen-bond acceptors (Lipinski definition) is 2. The zero-order valence-electron chi connectivity index (χ0n) is 9.01. The van der Waals surface area contributed by atoms with Gasteiger partial charge in [0, 0.05) is 25.6 Å². The maximum absolute atomic E-state index is 7.77. The molecule has 1 heterocycles. The Hall–Kier alpha value is -0.570. The maximum Gasteiger partial charge on any atom is 0.0955 e. The van der Waals surface area contributed by atoms with E-state index >= 15 is 0 Å². The number of nitrogens with zero attached hydrogens (tertiary/aromatic N) is 2. The highest BCUT2D eigenvalue weighted by Gasteiger charge is 2.21. The topological polar surface area (TPSA) is 30.3 Å². The van der Waals surface area contributed by atoms with Crippen LogP contribution >= 0.6 is 0 Å². The molecule has 1 aliphatic heterocycles. The van der Waals surface area contributed by atoms with Crippen molar-refractivity contribution in [2.75, 3.05) is 27.2 Å². The second-order valence-corrected chi connectivity index (χ2v) is 4.01. The number of likely N-dealkylation sites (tertiary alicyclic amines) is 1. The van der Waals surface area contributed by atoms with Gasteiger partial charge in [-0.2, -0.15) is 0 Å². The van der Waals surface area contributed by atoms with E-state index in [1.54, 1.807) is 0 Å². The first kappa shape index (κ1) is 10.5. The first-order chi connectivity index (χ1) is 6.15. The minimum Gasteiger partial charge on any atom is -0.359 e. The van der Waals surface area contributed by atoms with Gasteiger partial charge in [0.1, 0.15) is 0 Å². The number of likely N-dealkylation sites (N-methyl/N-ethyl adjacent to an activating group) is 1. The van der Waals surface area contributed by atoms with Gasteiger partial charge >= 0.3 is 0 Å². The molecule has 0 spiro atoms. The van der Waals surface area contributed by atoms with Crippen LogP contribution in [0.15, 0.2) is 0 Å². The van der Waals surface area contributed by atoms with E-state index in [0.717, 1.165) is 25.3 Å². The number of nitrogens with one attached hydrogen (secondary N) is 1. The second kappa shape index (κ2) is 4.61. The van der Waals surface area contributed by atoms with Crippen LogP contribution in [-0.4, -0.2) is 48.9 Å². The molecular formula is C10H21N3. The summed E-state index contributed by atoms with van der Waals surface area (Å²) in [5, 5.41) is 7.77. The highest BCUT2D eigenvalue weighted by molar-refractivity contribution is 5.78. The molecule has 1 fully saturated rings. The molecule has 0 aliphatic carbocycles. The molecule has 0 aromatic rings. The lowest BCUT2D eigenvalue weighted by molar-refractivity contribution is 0.182. The lowest BCUT2D eigenvalue weighted by Crippen LogP contribution is -2.47. The molecule has 0 bridgehead atoms. The minimum absolute atomic E-state index is 0.639. The quantitative estimate of drug-likeness (QED) is 0.518. The Morgan fingerprint density at radius 2 is 2.23 bits per heavy atom. The standard InChI is InChI=1S/C10H21N3/c1-4-10(11)13-7-5-6-9(8-13)12(2)3/h9,11H,4-8H2,1-3H3. The number of hydrogen-bond donors (Lipinski definition) is 1. The molecule has 1 atom stereocenters. The molecule has 1 saturated heterocycles. The minimum atomic E-state index is 0.639. The van der Waals surface area contributed by atoms with Gasteiger partial charge in [0.2, 0.25) is 0 Å². The van der Waals surface area contributed by atoms with Crippen LogP contribution in [0.3, 0.4) is 0 Å². The summed E-state index contributed by atoms with van der Waals surface area (Å²) < 4.78 is 0. The van der Waals surface area contributed by atoms with Crippen molar-refractivity contribution < 1.29 is 0 Å². The summed E-state index contributed by atoms with van der Waals surface area (Å²) in [7, 11) is 4.26. The van der Waals surface area contributed by atoms with Gasteiger partial charge in [0.05, 0.1) is 5.84 Å². The molecule has 76 valence electrons. The fourth-order valence-electron chi connectivity index (χ4n) is 1.84. The fourth-order valence-corrected chi connectivity index (χ4v) is 1.84. The van der Waals surface area contributed by atoms with Crippen molar-refractivity contribution in [2.24, 2.45) is 0 Å². The molecule has 1 rings (SSSR count). The SMILES string of the molecule is CCC(=N)N1CCCC(N(C)C)C1. The Morgan fingerprint density at radius 3 is 2.77 bits per heavy atom. The van der Waals surface area contributed by atoms with Crippen LogP contribution < -0.4 is 0 Å². The first-order valence-electron chi connectivity index (χ1n) is 5.14. The molecule has 0 aromatic heterocycles. The summed E-state index contributed by atoms with van der Waals surface area (Å²) in [6, 6.07) is 0.639. The number of rotatable bonds is 2. The van der Waals surface area contributed by atoms with Gasteiger partial charge in [-0.15, -0.1) is 0 Å². The van der Waals surface area contributed by atoms with Crippen molar-refractivity contribution in [3.05, 3.63) is 0 Å². The average molecular weight is 183 g/mol. The van der Waals surface area contributed by atoms with Crippen LogP contribution in [0.2, 0.25) is 0 Å². The summed E-state index contributed by atoms with van der Waals surface area (Å²) in [4.78, 5) is 4.49. The molecule has 1 aliphatic rings. The van der Waals surface area contributed by atoms with Crippen LogP contribution in [0.25, 0.3) is 0 Å². The van der Waals surface area contributed by atoms with E-state index in [1.165, 1.54) is 12.8 Å². The summed E-state index contributed by atoms with van der Waals surface area (Å²) in [5.74, 6) is 0.798. The lowest BCUT2D eigenvalue weighted by atomic mass is 10.0. The molecular weight excluding hydrogens is 162 g/mol. The van der Waals surface area contributed by atoms with Crippen molar-refractivity contribution in [1.82, 2.24) is 9.80 Å². The molecule has 0 saturated carbocycles. The zero-order valence-corrected chi connectivity index (χ0v) is 9.01. The van der Waals surface area contributed by atoms with Crippen LogP contribution in [0, 0.1) is 5.41 Å². The van der Waals surface area contributed by atoms with E-state index in [2.05, 4.69) is 30.8 Å². The van der Waals surface area contributed by atoms with Crippen LogP contribution in [0.1, 0.15) is 26.2 Å². The third-order valence-electron chi connectivity index (χ3n) is 2.84. The Morgan fingerprint density at radius 1 is 1.54 bits per heavy atom. The van der Waals surface area contributed by atoms with Gasteiger partial charge in [-0.05, 0) is 26.9 Å². The summed E-state index contributed by atoms with van der Waals surface area (Å²) in [5.41, 5.74) is 0. The van der Waals surface area contributed by atoms with Crippen molar-refractivity contribution in [3.63, 3.8) is 0 Å². The van der Waals surface area contributed by atoms with E-state index < -0.39 is 0 Å². The van der Waals surface area contributed by atoms with E-state index in [4.69, 9.17) is 5.41 Å². The zero-order chi connectivity index (χ0) is 9.84. The van der Waals surface area contributed by atoms with E-state index in [-0.39, 0.29) is 0 Å². The molecule has 13 heavy (non-hydrogen) atoms. The number of amidine groups is 1. The molecule has 3 nitrogen and oxygen atoms in total. The van der Waals surface area contributed by atoms with Gasteiger partial charge in [-0.3, -0.25) is 5.41 Å². The van der Waals surface area contributed by atoms with Crippen LogP contribution in [0.4, 0.5) is 0 Å². The normalized spacial score (nSPS) is 23.7. The smallest absolute Gasteiger partial charge is 0.0955 e. The maximum atomic E-state index is 7.77. The number of piperidine rings is 1. The van der Waals surface area contributed by atoms with E-state index in [0.29, 0.717) is 6.04 Å². The lowest BCUT2D eigenvalue weighted by Gasteiger charge is -2.37. The highest BCUT2D eigenvalue weighted by atomic mass is 15.2. The molecule has 3 heteroatoms. The third-order valence-corrected chi connectivity index (χ3v) is 2.84. The Kier molecular flexibility index (Phi) is 3.72. The Balaban J connectivity index is 2.46. The van der Waals surface area contributed by atoms with Gasteiger partial charge in [-0.1, -0.05) is 6.92 Å². The third kappa shape index (κ3) is 2.69. The highest BCUT2D eigenvalue weighted by Crippen LogP contribution is 2.14. The average Bonchev–Trinajstić information content (AvgIpc) is 2.17. The van der Waals surface area contributed by atoms with Crippen molar-refractivity contribution >= 4 is 5.84 Å². The van der Waals surface area contributed by atoms with Crippen molar-refractivity contribution in [2.45, 2.75) is 32.2 Å².